The van der Waals surface area contributed by atoms with Gasteiger partial charge in [0.1, 0.15) is 0 Å². The monoisotopic (exact) mass is 284 g/mol. The highest BCUT2D eigenvalue weighted by atomic mass is 31.2. The minimum atomic E-state index is -3.16. The predicted molar refractivity (Wildman–Crippen MR) is 74.8 cm³/mol. The van der Waals surface area contributed by atoms with Crippen molar-refractivity contribution in [3.63, 3.8) is 0 Å². The highest BCUT2D eigenvalue weighted by molar-refractivity contribution is 7.62. The Kier molecular flexibility index (Phi) is 4.46. The summed E-state index contributed by atoms with van der Waals surface area (Å²) in [5.74, 6) is 0. The average molecular weight is 284 g/mol. The van der Waals surface area contributed by atoms with Crippen molar-refractivity contribution in [2.24, 2.45) is 5.41 Å². The highest BCUT2D eigenvalue weighted by Gasteiger charge is 2.40. The van der Waals surface area contributed by atoms with Crippen molar-refractivity contribution in [1.82, 2.24) is 0 Å². The second-order valence-corrected chi connectivity index (χ2v) is 7.55. The van der Waals surface area contributed by atoms with Crippen molar-refractivity contribution < 1.29 is 18.7 Å². The van der Waals surface area contributed by atoms with E-state index in [1.807, 2.05) is 26.0 Å². The minimum absolute atomic E-state index is 0.158. The normalized spacial score (nSPS) is 31.3. The second kappa shape index (κ2) is 5.76. The summed E-state index contributed by atoms with van der Waals surface area (Å²) in [6, 6.07) is 7.40. The average Bonchev–Trinajstić information content (AvgIpc) is 2.41. The lowest BCUT2D eigenvalue weighted by Crippen LogP contribution is -2.34. The third-order valence-corrected chi connectivity index (χ3v) is 5.32. The van der Waals surface area contributed by atoms with Crippen molar-refractivity contribution in [3.05, 3.63) is 29.8 Å². The number of benzene rings is 1. The van der Waals surface area contributed by atoms with E-state index in [2.05, 4.69) is 0 Å². The van der Waals surface area contributed by atoms with Gasteiger partial charge in [0.2, 0.25) is 0 Å². The molecule has 5 heteroatoms. The number of hydrogen-bond acceptors (Lipinski definition) is 4. The minimum Gasteiger partial charge on any atom is -0.396 e. The molecular weight excluding hydrogens is 263 g/mol. The molecule has 4 nitrogen and oxygen atoms in total. The molecule has 1 N–H and O–H groups in total. The Hall–Kier alpha value is -0.670. The predicted octanol–water partition coefficient (Wildman–Crippen LogP) is 2.64. The van der Waals surface area contributed by atoms with Gasteiger partial charge in [-0.3, -0.25) is 4.57 Å². The van der Waals surface area contributed by atoms with Crippen molar-refractivity contribution in [3.8, 4) is 0 Å². The molecule has 0 aliphatic carbocycles. The molecule has 0 radical (unpaired) electrons. The van der Waals surface area contributed by atoms with Crippen LogP contribution in [0.2, 0.25) is 0 Å². The second-order valence-electron chi connectivity index (χ2n) is 5.52. The van der Waals surface area contributed by atoms with Gasteiger partial charge in [0.15, 0.2) is 0 Å². The molecule has 0 unspecified atom stereocenters. The van der Waals surface area contributed by atoms with Crippen LogP contribution in [0, 0.1) is 12.3 Å². The third-order valence-electron chi connectivity index (χ3n) is 3.45. The van der Waals surface area contributed by atoms with E-state index in [-0.39, 0.29) is 12.0 Å². The van der Waals surface area contributed by atoms with E-state index in [9.17, 15) is 4.57 Å². The molecule has 0 aromatic heterocycles. The van der Waals surface area contributed by atoms with E-state index in [0.29, 0.717) is 24.9 Å². The zero-order chi connectivity index (χ0) is 13.9. The van der Waals surface area contributed by atoms with Gasteiger partial charge < -0.3 is 14.2 Å². The quantitative estimate of drug-likeness (QED) is 0.864. The van der Waals surface area contributed by atoms with Crippen LogP contribution in [0.25, 0.3) is 0 Å². The van der Waals surface area contributed by atoms with Gasteiger partial charge in [-0.25, -0.2) is 0 Å². The van der Waals surface area contributed by atoms with Crippen LogP contribution < -0.4 is 5.30 Å². The molecule has 1 aromatic carbocycles. The Morgan fingerprint density at radius 2 is 1.84 bits per heavy atom. The Labute approximate surface area is 114 Å². The van der Waals surface area contributed by atoms with Crippen LogP contribution in [-0.2, 0) is 13.6 Å². The summed E-state index contributed by atoms with van der Waals surface area (Å²) in [5.41, 5.74) is 0.946. The fraction of sp³-hybridized carbons (Fsp3) is 0.571. The lowest BCUT2D eigenvalue weighted by atomic mass is 9.87. The SMILES string of the molecule is Cc1ccc(P2(=O)OCC(C)(CCCO)CO2)cc1. The van der Waals surface area contributed by atoms with Crippen molar-refractivity contribution in [1.29, 1.82) is 0 Å². The van der Waals surface area contributed by atoms with E-state index in [1.54, 1.807) is 12.1 Å². The number of aryl methyl sites for hydroxylation is 1. The molecule has 1 fully saturated rings. The zero-order valence-electron chi connectivity index (χ0n) is 11.5. The molecule has 1 aliphatic heterocycles. The van der Waals surface area contributed by atoms with E-state index in [1.165, 1.54) is 0 Å². The number of aliphatic hydroxyl groups is 1. The summed E-state index contributed by atoms with van der Waals surface area (Å²) in [4.78, 5) is 0. The molecule has 0 atom stereocenters. The summed E-state index contributed by atoms with van der Waals surface area (Å²) in [7, 11) is -3.16. The van der Waals surface area contributed by atoms with Crippen molar-refractivity contribution >= 4 is 12.9 Å². The molecular formula is C14H21O4P. The molecule has 1 heterocycles. The summed E-state index contributed by atoms with van der Waals surface area (Å²) < 4.78 is 23.7. The molecule has 106 valence electrons. The molecule has 0 spiro atoms. The van der Waals surface area contributed by atoms with Gasteiger partial charge >= 0.3 is 7.60 Å². The number of rotatable bonds is 4. The van der Waals surface area contributed by atoms with Gasteiger partial charge in [0.05, 0.1) is 18.5 Å². The molecule has 0 saturated carbocycles. The summed E-state index contributed by atoms with van der Waals surface area (Å²) in [6.45, 7) is 4.97. The first kappa shape index (κ1) is 14.7. The lowest BCUT2D eigenvalue weighted by Gasteiger charge is -2.36. The van der Waals surface area contributed by atoms with E-state index in [4.69, 9.17) is 14.2 Å². The largest absolute Gasteiger partial charge is 0.396 e. The first-order valence-corrected chi connectivity index (χ1v) is 8.09. The molecule has 0 bridgehead atoms. The van der Waals surface area contributed by atoms with Crippen molar-refractivity contribution in [2.75, 3.05) is 19.8 Å². The summed E-state index contributed by atoms with van der Waals surface area (Å²) in [6.07, 6.45) is 1.51. The topological polar surface area (TPSA) is 55.8 Å². The Balaban J connectivity index is 2.05. The van der Waals surface area contributed by atoms with Gasteiger partial charge in [0, 0.05) is 12.0 Å². The summed E-state index contributed by atoms with van der Waals surface area (Å²) in [5, 5.41) is 9.49. The van der Waals surface area contributed by atoms with Crippen LogP contribution in [0.15, 0.2) is 24.3 Å². The maximum Gasteiger partial charge on any atom is 0.361 e. The smallest absolute Gasteiger partial charge is 0.361 e. The Morgan fingerprint density at radius 1 is 1.26 bits per heavy atom. The van der Waals surface area contributed by atoms with Crippen molar-refractivity contribution in [2.45, 2.75) is 26.7 Å². The maximum absolute atomic E-state index is 12.6. The molecule has 1 aliphatic rings. The zero-order valence-corrected chi connectivity index (χ0v) is 12.4. The van der Waals surface area contributed by atoms with Crippen LogP contribution >= 0.6 is 7.60 Å². The molecule has 1 saturated heterocycles. The van der Waals surface area contributed by atoms with E-state index < -0.39 is 7.60 Å². The van der Waals surface area contributed by atoms with Gasteiger partial charge in [-0.15, -0.1) is 0 Å². The van der Waals surface area contributed by atoms with Gasteiger partial charge in [-0.2, -0.15) is 0 Å². The molecule has 19 heavy (non-hydrogen) atoms. The molecule has 0 amide bonds. The Bertz CT molecular complexity index is 457. The maximum atomic E-state index is 12.6. The fourth-order valence-electron chi connectivity index (χ4n) is 2.09. The van der Waals surface area contributed by atoms with E-state index in [0.717, 1.165) is 12.0 Å². The highest BCUT2D eigenvalue weighted by Crippen LogP contribution is 2.53. The standard InChI is InChI=1S/C14H21O4P/c1-12-4-6-13(7-5-12)19(16)17-10-14(2,11-18-19)8-3-9-15/h4-7,15H,3,8-11H2,1-2H3. The van der Waals surface area contributed by atoms with Crippen LogP contribution in [0.5, 0.6) is 0 Å². The fourth-order valence-corrected chi connectivity index (χ4v) is 3.94. The van der Waals surface area contributed by atoms with Gasteiger partial charge in [-0.05, 0) is 31.9 Å². The van der Waals surface area contributed by atoms with Crippen LogP contribution in [-0.4, -0.2) is 24.9 Å². The molecule has 1 aromatic rings. The van der Waals surface area contributed by atoms with Crippen LogP contribution in [0.1, 0.15) is 25.3 Å². The summed E-state index contributed by atoms with van der Waals surface area (Å²) >= 11 is 0. The van der Waals surface area contributed by atoms with E-state index >= 15 is 0 Å². The van der Waals surface area contributed by atoms with Gasteiger partial charge in [0.25, 0.3) is 0 Å². The van der Waals surface area contributed by atoms with Crippen LogP contribution in [0.3, 0.4) is 0 Å². The third kappa shape index (κ3) is 3.46. The first-order valence-electron chi connectivity index (χ1n) is 6.55. The lowest BCUT2D eigenvalue weighted by molar-refractivity contribution is 0.0239. The first-order chi connectivity index (χ1) is 8.97. The number of hydrogen-bond donors (Lipinski definition) is 1. The molecule has 2 rings (SSSR count). The number of aliphatic hydroxyl groups excluding tert-OH is 1. The Morgan fingerprint density at radius 3 is 2.37 bits per heavy atom. The van der Waals surface area contributed by atoms with Gasteiger partial charge in [-0.1, -0.05) is 24.6 Å². The van der Waals surface area contributed by atoms with Crippen LogP contribution in [0.4, 0.5) is 0 Å².